The number of hydrogen-bond acceptors (Lipinski definition) is 5. The van der Waals surface area contributed by atoms with E-state index in [0.29, 0.717) is 16.8 Å². The molecule has 0 radical (unpaired) electrons. The average Bonchev–Trinajstić information content (AvgIpc) is 2.71. The Bertz CT molecular complexity index is 1190. The van der Waals surface area contributed by atoms with Gasteiger partial charge in [0, 0.05) is 22.8 Å². The van der Waals surface area contributed by atoms with Gasteiger partial charge in [-0.3, -0.25) is 10.1 Å². The van der Waals surface area contributed by atoms with Gasteiger partial charge in [0.15, 0.2) is 0 Å². The van der Waals surface area contributed by atoms with Crippen molar-refractivity contribution in [2.24, 2.45) is 0 Å². The van der Waals surface area contributed by atoms with E-state index in [4.69, 9.17) is 4.74 Å². The Kier molecular flexibility index (Phi) is 6.48. The van der Waals surface area contributed by atoms with Crippen LogP contribution in [0, 0.1) is 15.9 Å². The zero-order valence-electron chi connectivity index (χ0n) is 19.2. The highest BCUT2D eigenvalue weighted by atomic mass is 19.1. The lowest BCUT2D eigenvalue weighted by Gasteiger charge is -2.29. The van der Waals surface area contributed by atoms with Gasteiger partial charge in [-0.2, -0.15) is 0 Å². The fourth-order valence-electron chi connectivity index (χ4n) is 3.42. The molecule has 1 N–H and O–H groups in total. The van der Waals surface area contributed by atoms with Crippen molar-refractivity contribution in [2.45, 2.75) is 45.8 Å². The second-order valence-corrected chi connectivity index (χ2v) is 9.16. The average molecular weight is 451 g/mol. The van der Waals surface area contributed by atoms with E-state index in [1.54, 1.807) is 46.8 Å². The molecule has 3 rings (SSSR count). The van der Waals surface area contributed by atoms with Crippen LogP contribution in [0.25, 0.3) is 22.4 Å². The van der Waals surface area contributed by atoms with Gasteiger partial charge in [-0.25, -0.2) is 14.2 Å². The number of pyridine rings is 1. The van der Waals surface area contributed by atoms with Crippen LogP contribution in [0.5, 0.6) is 0 Å². The molecule has 172 valence electrons. The molecular weight excluding hydrogens is 425 g/mol. The van der Waals surface area contributed by atoms with Crippen molar-refractivity contribution in [1.82, 2.24) is 10.3 Å². The highest BCUT2D eigenvalue weighted by Crippen LogP contribution is 2.35. The molecule has 0 unspecified atom stereocenters. The van der Waals surface area contributed by atoms with Crippen LogP contribution >= 0.6 is 0 Å². The molecule has 7 nitrogen and oxygen atoms in total. The summed E-state index contributed by atoms with van der Waals surface area (Å²) in [4.78, 5) is 27.2. The summed E-state index contributed by atoms with van der Waals surface area (Å²) in [7, 11) is 0. The number of benzene rings is 2. The van der Waals surface area contributed by atoms with Crippen molar-refractivity contribution in [3.63, 3.8) is 0 Å². The summed E-state index contributed by atoms with van der Waals surface area (Å²) >= 11 is 0. The van der Waals surface area contributed by atoms with E-state index < -0.39 is 28.0 Å². The quantitative estimate of drug-likeness (QED) is 0.367. The third kappa shape index (κ3) is 5.71. The maximum atomic E-state index is 15.2. The first-order valence-electron chi connectivity index (χ1n) is 10.4. The second-order valence-electron chi connectivity index (χ2n) is 9.16. The predicted molar refractivity (Wildman–Crippen MR) is 124 cm³/mol. The normalized spacial score (nSPS) is 11.7. The number of ether oxygens (including phenoxy) is 1. The Hall–Kier alpha value is -3.81. The third-order valence-electron chi connectivity index (χ3n) is 4.90. The summed E-state index contributed by atoms with van der Waals surface area (Å²) in [6.45, 7) is 8.59. The Morgan fingerprint density at radius 2 is 1.70 bits per heavy atom. The van der Waals surface area contributed by atoms with Gasteiger partial charge < -0.3 is 10.1 Å². The van der Waals surface area contributed by atoms with Gasteiger partial charge in [-0.1, -0.05) is 42.5 Å². The van der Waals surface area contributed by atoms with Crippen LogP contribution in [0.15, 0.2) is 60.8 Å². The Morgan fingerprint density at radius 1 is 1.03 bits per heavy atom. The van der Waals surface area contributed by atoms with Crippen LogP contribution in [0.3, 0.4) is 0 Å². The van der Waals surface area contributed by atoms with Gasteiger partial charge in [0.2, 0.25) is 0 Å². The molecule has 2 aromatic carbocycles. The van der Waals surface area contributed by atoms with Crippen molar-refractivity contribution < 1.29 is 18.8 Å². The zero-order valence-corrected chi connectivity index (χ0v) is 19.2. The van der Waals surface area contributed by atoms with Crippen LogP contribution in [0.4, 0.5) is 14.9 Å². The van der Waals surface area contributed by atoms with Crippen LogP contribution in [-0.4, -0.2) is 21.6 Å². The van der Waals surface area contributed by atoms with Crippen LogP contribution in [0.2, 0.25) is 0 Å². The number of nitrogens with one attached hydrogen (secondary N) is 1. The summed E-state index contributed by atoms with van der Waals surface area (Å²) in [5.74, 6) is -0.548. The number of aromatic nitrogens is 1. The summed E-state index contributed by atoms with van der Waals surface area (Å²) in [5.41, 5.74) is 0.489. The molecule has 0 fully saturated rings. The monoisotopic (exact) mass is 451 g/mol. The lowest BCUT2D eigenvalue weighted by molar-refractivity contribution is -0.385. The first-order valence-corrected chi connectivity index (χ1v) is 10.4. The zero-order chi connectivity index (χ0) is 24.4. The minimum absolute atomic E-state index is 0.155. The number of carbonyl (C=O) groups is 1. The molecule has 0 atom stereocenters. The Balaban J connectivity index is 2.00. The molecule has 1 heterocycles. The number of carbonyl (C=O) groups excluding carboxylic acids is 1. The molecular formula is C25H26FN3O4. The van der Waals surface area contributed by atoms with Gasteiger partial charge in [0.25, 0.3) is 5.69 Å². The van der Waals surface area contributed by atoms with Crippen LogP contribution in [0.1, 0.15) is 40.2 Å². The maximum absolute atomic E-state index is 15.2. The Labute approximate surface area is 191 Å². The van der Waals surface area contributed by atoms with E-state index in [9.17, 15) is 14.9 Å². The fourth-order valence-corrected chi connectivity index (χ4v) is 3.42. The molecule has 8 heteroatoms. The van der Waals surface area contributed by atoms with Crippen molar-refractivity contribution in [3.05, 3.63) is 82.3 Å². The number of rotatable bonds is 5. The smallest absolute Gasteiger partial charge is 0.408 e. The first kappa shape index (κ1) is 23.8. The van der Waals surface area contributed by atoms with Crippen LogP contribution in [-0.2, 0) is 10.3 Å². The summed E-state index contributed by atoms with van der Waals surface area (Å²) in [6.07, 6.45) is 0.501. The molecule has 0 saturated heterocycles. The van der Waals surface area contributed by atoms with Crippen molar-refractivity contribution in [1.29, 1.82) is 0 Å². The number of nitro groups is 1. The summed E-state index contributed by atoms with van der Waals surface area (Å²) < 4.78 is 20.5. The fraction of sp³-hybridized carbons (Fsp3) is 0.280. The SMILES string of the molecule is CC(C)(C)OC(=O)NC(C)(C)c1ccc(-c2ncc([N+](=O)[O-])cc2-c2ccccc2)cc1F. The minimum Gasteiger partial charge on any atom is -0.444 e. The lowest BCUT2D eigenvalue weighted by Crippen LogP contribution is -2.44. The highest BCUT2D eigenvalue weighted by Gasteiger charge is 2.29. The molecule has 0 saturated carbocycles. The third-order valence-corrected chi connectivity index (χ3v) is 4.90. The second kappa shape index (κ2) is 8.97. The van der Waals surface area contributed by atoms with Gasteiger partial charge >= 0.3 is 6.09 Å². The van der Waals surface area contributed by atoms with Gasteiger partial charge in [-0.15, -0.1) is 0 Å². The summed E-state index contributed by atoms with van der Waals surface area (Å²) in [5, 5.41) is 14.0. The summed E-state index contributed by atoms with van der Waals surface area (Å²) in [6, 6.07) is 15.1. The van der Waals surface area contributed by atoms with E-state index in [2.05, 4.69) is 10.3 Å². The molecule has 0 aliphatic rings. The minimum atomic E-state index is -1.05. The van der Waals surface area contributed by atoms with E-state index >= 15 is 4.39 Å². The van der Waals surface area contributed by atoms with E-state index in [-0.39, 0.29) is 11.3 Å². The van der Waals surface area contributed by atoms with E-state index in [1.165, 1.54) is 12.1 Å². The van der Waals surface area contributed by atoms with E-state index in [1.807, 2.05) is 30.3 Å². The van der Waals surface area contributed by atoms with Crippen molar-refractivity contribution >= 4 is 11.8 Å². The molecule has 0 aliphatic carbocycles. The molecule has 33 heavy (non-hydrogen) atoms. The molecule has 1 aromatic heterocycles. The topological polar surface area (TPSA) is 94.4 Å². The van der Waals surface area contributed by atoms with Crippen LogP contribution < -0.4 is 5.32 Å². The number of halogens is 1. The number of nitrogens with zero attached hydrogens (tertiary/aromatic N) is 2. The number of alkyl carbamates (subject to hydrolysis) is 1. The van der Waals surface area contributed by atoms with Gasteiger partial charge in [0.05, 0.1) is 16.2 Å². The van der Waals surface area contributed by atoms with Gasteiger partial charge in [-0.05, 0) is 46.2 Å². The largest absolute Gasteiger partial charge is 0.444 e. The maximum Gasteiger partial charge on any atom is 0.408 e. The number of hydrogen-bond donors (Lipinski definition) is 1. The molecule has 1 amide bonds. The predicted octanol–water partition coefficient (Wildman–Crippen LogP) is 6.22. The molecule has 0 aliphatic heterocycles. The standard InChI is InChI=1S/C25H26FN3O4/c1-24(2,3)33-23(30)28-25(4,5)20-12-11-17(13-21(20)26)22-19(16-9-7-6-8-10-16)14-18(15-27-22)29(31)32/h6-15H,1-5H3,(H,28,30). The highest BCUT2D eigenvalue weighted by molar-refractivity contribution is 5.82. The lowest BCUT2D eigenvalue weighted by atomic mass is 9.91. The van der Waals surface area contributed by atoms with E-state index in [0.717, 1.165) is 11.8 Å². The number of amides is 1. The molecule has 3 aromatic rings. The van der Waals surface area contributed by atoms with Crippen molar-refractivity contribution in [2.75, 3.05) is 0 Å². The molecule has 0 bridgehead atoms. The van der Waals surface area contributed by atoms with Crippen molar-refractivity contribution in [3.8, 4) is 22.4 Å². The first-order chi connectivity index (χ1) is 15.4. The Morgan fingerprint density at radius 3 is 2.27 bits per heavy atom. The van der Waals surface area contributed by atoms with Gasteiger partial charge in [0.1, 0.15) is 17.6 Å². The molecule has 0 spiro atoms.